The third kappa shape index (κ3) is 16.2. The maximum Gasteiger partial charge on any atom is 0.243 e. The SMILES string of the molecule is CCC[C@H](NC(=O)[C@@H](NC(=O)CCCC(C)=O)[C@@H](C)CC)C(=O)N[C@@H](CC(C)C)[C@@H](O)CC(=O)N[C@H](C(=O)NCC)C(C)C. The van der Waals surface area contributed by atoms with Crippen LogP contribution in [0.2, 0.25) is 0 Å². The van der Waals surface area contributed by atoms with Crippen molar-refractivity contribution in [2.24, 2.45) is 17.8 Å². The van der Waals surface area contributed by atoms with Crippen molar-refractivity contribution in [1.82, 2.24) is 26.6 Å². The van der Waals surface area contributed by atoms with Crippen molar-refractivity contribution in [3.63, 3.8) is 0 Å². The lowest BCUT2D eigenvalue weighted by atomic mass is 9.95. The van der Waals surface area contributed by atoms with Crippen LogP contribution in [0.4, 0.5) is 0 Å². The Morgan fingerprint density at radius 2 is 1.34 bits per heavy atom. The largest absolute Gasteiger partial charge is 0.390 e. The monoisotopic (exact) mass is 625 g/mol. The van der Waals surface area contributed by atoms with Crippen LogP contribution < -0.4 is 26.6 Å². The van der Waals surface area contributed by atoms with E-state index in [1.807, 2.05) is 48.5 Å². The number of rotatable bonds is 22. The van der Waals surface area contributed by atoms with Gasteiger partial charge in [-0.25, -0.2) is 0 Å². The lowest BCUT2D eigenvalue weighted by Gasteiger charge is -2.30. The molecular formula is C32H59N5O7. The first-order valence-corrected chi connectivity index (χ1v) is 16.2. The van der Waals surface area contributed by atoms with Gasteiger partial charge in [0.1, 0.15) is 23.9 Å². The molecule has 0 aromatic heterocycles. The lowest BCUT2D eigenvalue weighted by Crippen LogP contribution is -2.58. The molecule has 12 nitrogen and oxygen atoms in total. The second-order valence-electron chi connectivity index (χ2n) is 12.5. The molecule has 0 saturated carbocycles. The van der Waals surface area contributed by atoms with E-state index in [2.05, 4.69) is 26.6 Å². The van der Waals surface area contributed by atoms with Crippen molar-refractivity contribution >= 4 is 35.3 Å². The van der Waals surface area contributed by atoms with Crippen molar-refractivity contribution in [1.29, 1.82) is 0 Å². The van der Waals surface area contributed by atoms with Crippen LogP contribution in [-0.2, 0) is 28.8 Å². The van der Waals surface area contributed by atoms with Crippen LogP contribution in [0.1, 0.15) is 114 Å². The van der Waals surface area contributed by atoms with Gasteiger partial charge in [-0.15, -0.1) is 0 Å². The molecule has 0 saturated heterocycles. The summed E-state index contributed by atoms with van der Waals surface area (Å²) in [6.45, 7) is 16.8. The molecule has 12 heteroatoms. The van der Waals surface area contributed by atoms with Crippen LogP contribution in [0, 0.1) is 17.8 Å². The van der Waals surface area contributed by atoms with E-state index >= 15 is 0 Å². The Hall–Kier alpha value is -3.02. The van der Waals surface area contributed by atoms with Gasteiger partial charge in [-0.3, -0.25) is 24.0 Å². The Labute approximate surface area is 264 Å². The van der Waals surface area contributed by atoms with Gasteiger partial charge in [-0.2, -0.15) is 0 Å². The van der Waals surface area contributed by atoms with Crippen molar-refractivity contribution < 1.29 is 33.9 Å². The molecule has 0 spiro atoms. The Kier molecular flexibility index (Phi) is 20.2. The zero-order valence-corrected chi connectivity index (χ0v) is 28.4. The van der Waals surface area contributed by atoms with E-state index in [0.29, 0.717) is 38.6 Å². The van der Waals surface area contributed by atoms with Gasteiger partial charge in [0.25, 0.3) is 0 Å². The zero-order valence-electron chi connectivity index (χ0n) is 28.4. The molecule has 0 rings (SSSR count). The van der Waals surface area contributed by atoms with Crippen LogP contribution in [-0.4, -0.2) is 77.2 Å². The predicted octanol–water partition coefficient (Wildman–Crippen LogP) is 2.12. The summed E-state index contributed by atoms with van der Waals surface area (Å²) in [5.74, 6) is -2.46. The smallest absolute Gasteiger partial charge is 0.243 e. The molecule has 0 aromatic rings. The number of hydrogen-bond acceptors (Lipinski definition) is 7. The second kappa shape index (κ2) is 21.6. The van der Waals surface area contributed by atoms with Gasteiger partial charge in [0.15, 0.2) is 0 Å². The number of aliphatic hydroxyl groups is 1. The number of hydrogen-bond donors (Lipinski definition) is 6. The number of ketones is 1. The zero-order chi connectivity index (χ0) is 34.0. The third-order valence-electron chi connectivity index (χ3n) is 7.48. The fourth-order valence-corrected chi connectivity index (χ4v) is 4.75. The van der Waals surface area contributed by atoms with Crippen molar-refractivity contribution in [2.45, 2.75) is 144 Å². The fraction of sp³-hybridized carbons (Fsp3) is 0.812. The van der Waals surface area contributed by atoms with E-state index in [1.165, 1.54) is 6.92 Å². The number of carbonyl (C=O) groups excluding carboxylic acids is 6. The quantitative estimate of drug-likeness (QED) is 0.106. The van der Waals surface area contributed by atoms with E-state index in [4.69, 9.17) is 0 Å². The van der Waals surface area contributed by atoms with Gasteiger partial charge >= 0.3 is 0 Å². The number of nitrogens with one attached hydrogen (secondary N) is 5. The van der Waals surface area contributed by atoms with E-state index in [1.54, 1.807) is 6.92 Å². The number of Topliss-reactive ketones (excluding diaryl/α,β-unsaturated/α-hetero) is 1. The molecule has 0 aromatic carbocycles. The van der Waals surface area contributed by atoms with Gasteiger partial charge in [0.2, 0.25) is 29.5 Å². The maximum atomic E-state index is 13.5. The second-order valence-corrected chi connectivity index (χ2v) is 12.5. The molecule has 44 heavy (non-hydrogen) atoms. The van der Waals surface area contributed by atoms with Crippen molar-refractivity contribution in [3.8, 4) is 0 Å². The summed E-state index contributed by atoms with van der Waals surface area (Å²) >= 11 is 0. The topological polar surface area (TPSA) is 183 Å². The third-order valence-corrected chi connectivity index (χ3v) is 7.48. The minimum Gasteiger partial charge on any atom is -0.390 e. The summed E-state index contributed by atoms with van der Waals surface area (Å²) in [6.07, 6.45) is 1.12. The molecule has 0 bridgehead atoms. The number of carbonyl (C=O) groups is 6. The molecule has 6 N–H and O–H groups in total. The van der Waals surface area contributed by atoms with Crippen molar-refractivity contribution in [2.75, 3.05) is 6.54 Å². The lowest BCUT2D eigenvalue weighted by molar-refractivity contribution is -0.134. The molecule has 0 aliphatic heterocycles. The highest BCUT2D eigenvalue weighted by atomic mass is 16.3. The number of aliphatic hydroxyl groups excluding tert-OH is 1. The standard InChI is InChI=1S/C32H59N5O7/c1-10-14-23(34-32(44)29(21(8)11-2)36-26(40)16-13-15-22(9)38)30(42)35-24(17-19(4)5)25(39)18-27(41)37-28(20(6)7)31(43)33-12-3/h19-21,23-25,28-29,39H,10-18H2,1-9H3,(H,33,43)(H,34,44)(H,35,42)(H,36,40)(H,37,41)/t21-,23-,24-,25-,28-,29-/m0/s1. The number of likely N-dealkylation sites (N-methyl/N-ethyl adjacent to an activating group) is 1. The predicted molar refractivity (Wildman–Crippen MR) is 170 cm³/mol. The first-order chi connectivity index (χ1) is 20.6. The Bertz CT molecular complexity index is 940. The van der Waals surface area contributed by atoms with Crippen LogP contribution in [0.5, 0.6) is 0 Å². The summed E-state index contributed by atoms with van der Waals surface area (Å²) in [5, 5.41) is 24.8. The van der Waals surface area contributed by atoms with E-state index in [9.17, 15) is 33.9 Å². The summed E-state index contributed by atoms with van der Waals surface area (Å²) < 4.78 is 0. The normalized spacial score (nSPS) is 15.4. The summed E-state index contributed by atoms with van der Waals surface area (Å²) in [7, 11) is 0. The molecule has 0 heterocycles. The minimum absolute atomic E-state index is 0.0110. The molecule has 0 fully saturated rings. The Morgan fingerprint density at radius 1 is 0.727 bits per heavy atom. The number of amides is 5. The molecule has 0 radical (unpaired) electrons. The molecule has 0 aliphatic rings. The first kappa shape index (κ1) is 41.0. The van der Waals surface area contributed by atoms with E-state index < -0.39 is 48.0 Å². The van der Waals surface area contributed by atoms with Crippen molar-refractivity contribution in [3.05, 3.63) is 0 Å². The Balaban J connectivity index is 5.65. The van der Waals surface area contributed by atoms with Crippen LogP contribution in [0.3, 0.4) is 0 Å². The molecule has 254 valence electrons. The summed E-state index contributed by atoms with van der Waals surface area (Å²) in [4.78, 5) is 75.8. The van der Waals surface area contributed by atoms with Crippen LogP contribution in [0.15, 0.2) is 0 Å². The average molecular weight is 626 g/mol. The van der Waals surface area contributed by atoms with Crippen LogP contribution in [0.25, 0.3) is 0 Å². The molecule has 0 aliphatic carbocycles. The van der Waals surface area contributed by atoms with Gasteiger partial charge < -0.3 is 36.5 Å². The van der Waals surface area contributed by atoms with Gasteiger partial charge in [0, 0.05) is 19.4 Å². The van der Waals surface area contributed by atoms with Gasteiger partial charge in [-0.1, -0.05) is 61.3 Å². The molecule has 0 unspecified atom stereocenters. The van der Waals surface area contributed by atoms with E-state index in [0.717, 1.165) is 0 Å². The highest BCUT2D eigenvalue weighted by Gasteiger charge is 2.33. The highest BCUT2D eigenvalue weighted by molar-refractivity contribution is 5.92. The fourth-order valence-electron chi connectivity index (χ4n) is 4.75. The van der Waals surface area contributed by atoms with Crippen LogP contribution >= 0.6 is 0 Å². The maximum absolute atomic E-state index is 13.5. The summed E-state index contributed by atoms with van der Waals surface area (Å²) in [5.41, 5.74) is 0. The molecular weight excluding hydrogens is 566 g/mol. The average Bonchev–Trinajstić information content (AvgIpc) is 2.92. The van der Waals surface area contributed by atoms with E-state index in [-0.39, 0.29) is 54.6 Å². The highest BCUT2D eigenvalue weighted by Crippen LogP contribution is 2.14. The minimum atomic E-state index is -1.23. The van der Waals surface area contributed by atoms with Gasteiger partial charge in [0.05, 0.1) is 18.6 Å². The van der Waals surface area contributed by atoms with Gasteiger partial charge in [-0.05, 0) is 50.9 Å². The Morgan fingerprint density at radius 3 is 1.84 bits per heavy atom. The molecule has 5 amide bonds. The molecule has 6 atom stereocenters. The summed E-state index contributed by atoms with van der Waals surface area (Å²) in [6, 6.07) is -3.33. The first-order valence-electron chi connectivity index (χ1n) is 16.2.